The van der Waals surface area contributed by atoms with E-state index in [1.165, 1.54) is 0 Å². The number of rotatable bonds is 3. The minimum absolute atomic E-state index is 0.258. The van der Waals surface area contributed by atoms with Gasteiger partial charge < -0.3 is 9.30 Å². The number of aromatic nitrogens is 1. The van der Waals surface area contributed by atoms with Crippen LogP contribution in [-0.2, 0) is 16.6 Å². The standard InChI is InChI=1S/C20H15BrN2O3/c1-23-14-6-4-3-5-13(14)15(16-17(21)20(25)22-19(16)24)18(23)11-7-9-12(26-2)10-8-11/h3-10H,1-2H3,(H,22,24,25). The first-order chi connectivity index (χ1) is 12.5. The van der Waals surface area contributed by atoms with Gasteiger partial charge in [-0.05, 0) is 51.8 Å². The predicted molar refractivity (Wildman–Crippen MR) is 104 cm³/mol. The van der Waals surface area contributed by atoms with Gasteiger partial charge in [-0.15, -0.1) is 0 Å². The number of nitrogens with one attached hydrogen (secondary N) is 1. The number of imide groups is 1. The summed E-state index contributed by atoms with van der Waals surface area (Å²) in [4.78, 5) is 24.5. The molecule has 0 radical (unpaired) electrons. The van der Waals surface area contributed by atoms with Gasteiger partial charge in [0.1, 0.15) is 5.75 Å². The quantitative estimate of drug-likeness (QED) is 0.670. The zero-order valence-corrected chi connectivity index (χ0v) is 15.8. The largest absolute Gasteiger partial charge is 0.497 e. The van der Waals surface area contributed by atoms with E-state index in [0.29, 0.717) is 5.57 Å². The van der Waals surface area contributed by atoms with E-state index in [1.807, 2.05) is 60.1 Å². The molecule has 2 heterocycles. The Morgan fingerprint density at radius 3 is 2.31 bits per heavy atom. The van der Waals surface area contributed by atoms with Gasteiger partial charge in [-0.25, -0.2) is 0 Å². The van der Waals surface area contributed by atoms with Crippen molar-refractivity contribution in [3.05, 3.63) is 58.6 Å². The molecule has 0 spiro atoms. The Morgan fingerprint density at radius 2 is 1.69 bits per heavy atom. The van der Waals surface area contributed by atoms with Crippen molar-refractivity contribution in [2.24, 2.45) is 7.05 Å². The highest BCUT2D eigenvalue weighted by Crippen LogP contribution is 2.41. The maximum Gasteiger partial charge on any atom is 0.265 e. The summed E-state index contributed by atoms with van der Waals surface area (Å²) in [6.45, 7) is 0. The van der Waals surface area contributed by atoms with Crippen molar-refractivity contribution in [3.8, 4) is 17.0 Å². The Labute approximate surface area is 158 Å². The number of carbonyl (C=O) groups excluding carboxylic acids is 2. The number of benzene rings is 2. The van der Waals surface area contributed by atoms with Crippen molar-refractivity contribution < 1.29 is 14.3 Å². The summed E-state index contributed by atoms with van der Waals surface area (Å²) in [5, 5.41) is 3.27. The minimum atomic E-state index is -0.418. The number of fused-ring (bicyclic) bond motifs is 1. The van der Waals surface area contributed by atoms with E-state index in [0.717, 1.165) is 33.5 Å². The molecule has 1 aliphatic rings. The Balaban J connectivity index is 2.08. The summed E-state index contributed by atoms with van der Waals surface area (Å²) in [7, 11) is 3.57. The molecule has 0 unspecified atom stereocenters. The van der Waals surface area contributed by atoms with Crippen molar-refractivity contribution in [3.63, 3.8) is 0 Å². The number of halogens is 1. The first-order valence-corrected chi connectivity index (χ1v) is 8.80. The summed E-state index contributed by atoms with van der Waals surface area (Å²) in [6.07, 6.45) is 0. The molecule has 2 aromatic carbocycles. The first-order valence-electron chi connectivity index (χ1n) is 8.00. The molecule has 0 aliphatic carbocycles. The number of para-hydroxylation sites is 1. The van der Waals surface area contributed by atoms with Crippen molar-refractivity contribution >= 4 is 44.2 Å². The molecule has 1 N–H and O–H groups in total. The monoisotopic (exact) mass is 410 g/mol. The smallest absolute Gasteiger partial charge is 0.265 e. The molecule has 26 heavy (non-hydrogen) atoms. The molecule has 4 rings (SSSR count). The summed E-state index contributed by atoms with van der Waals surface area (Å²) < 4.78 is 7.54. The molecule has 5 nitrogen and oxygen atoms in total. The third kappa shape index (κ3) is 2.37. The number of nitrogens with zero attached hydrogens (tertiary/aromatic N) is 1. The third-order valence-electron chi connectivity index (χ3n) is 4.59. The van der Waals surface area contributed by atoms with Gasteiger partial charge in [0.05, 0.1) is 22.9 Å². The normalized spacial score (nSPS) is 14.3. The van der Waals surface area contributed by atoms with Crippen LogP contribution >= 0.6 is 15.9 Å². The maximum atomic E-state index is 12.5. The van der Waals surface area contributed by atoms with Crippen LogP contribution in [0, 0.1) is 0 Å². The van der Waals surface area contributed by atoms with Crippen molar-refractivity contribution in [1.29, 1.82) is 0 Å². The first kappa shape index (κ1) is 16.6. The van der Waals surface area contributed by atoms with Gasteiger partial charge in [0.25, 0.3) is 11.8 Å². The number of methoxy groups -OCH3 is 1. The number of hydrogen-bond acceptors (Lipinski definition) is 3. The van der Waals surface area contributed by atoms with E-state index in [4.69, 9.17) is 4.74 Å². The molecule has 0 saturated heterocycles. The SMILES string of the molecule is COc1ccc(-c2c(C3=C(Br)C(=O)NC3=O)c3ccccc3n2C)cc1. The van der Waals surface area contributed by atoms with Crippen molar-refractivity contribution in [1.82, 2.24) is 9.88 Å². The van der Waals surface area contributed by atoms with Gasteiger partial charge in [0.2, 0.25) is 0 Å². The molecule has 0 atom stereocenters. The number of aryl methyl sites for hydroxylation is 1. The van der Waals surface area contributed by atoms with Crippen LogP contribution in [-0.4, -0.2) is 23.5 Å². The minimum Gasteiger partial charge on any atom is -0.497 e. The number of carbonyl (C=O) groups is 2. The molecular formula is C20H15BrN2O3. The lowest BCUT2D eigenvalue weighted by atomic mass is 9.98. The molecule has 0 fully saturated rings. The van der Waals surface area contributed by atoms with E-state index in [1.54, 1.807) is 7.11 Å². The highest BCUT2D eigenvalue weighted by atomic mass is 79.9. The fourth-order valence-electron chi connectivity index (χ4n) is 3.39. The van der Waals surface area contributed by atoms with Gasteiger partial charge in [0, 0.05) is 23.5 Å². The van der Waals surface area contributed by atoms with E-state index in [-0.39, 0.29) is 4.48 Å². The Hall–Kier alpha value is -2.86. The average Bonchev–Trinajstić information content (AvgIpc) is 3.08. The fourth-order valence-corrected chi connectivity index (χ4v) is 3.87. The van der Waals surface area contributed by atoms with Crippen molar-refractivity contribution in [2.75, 3.05) is 7.11 Å². The molecule has 2 amide bonds. The van der Waals surface area contributed by atoms with Crippen LogP contribution in [0.5, 0.6) is 5.75 Å². The lowest BCUT2D eigenvalue weighted by Gasteiger charge is -2.10. The van der Waals surface area contributed by atoms with Gasteiger partial charge in [-0.3, -0.25) is 14.9 Å². The Kier molecular flexibility index (Phi) is 3.92. The van der Waals surface area contributed by atoms with Crippen molar-refractivity contribution in [2.45, 2.75) is 0 Å². The van der Waals surface area contributed by atoms with Crippen LogP contribution in [0.1, 0.15) is 5.56 Å². The van der Waals surface area contributed by atoms with Crippen LogP contribution in [0.4, 0.5) is 0 Å². The molecule has 130 valence electrons. The maximum absolute atomic E-state index is 12.5. The molecule has 1 aromatic heterocycles. The zero-order chi connectivity index (χ0) is 18.4. The van der Waals surface area contributed by atoms with Crippen LogP contribution in [0.3, 0.4) is 0 Å². The molecule has 1 aliphatic heterocycles. The van der Waals surface area contributed by atoms with Gasteiger partial charge >= 0.3 is 0 Å². The second kappa shape index (κ2) is 6.14. The summed E-state index contributed by atoms with van der Waals surface area (Å²) >= 11 is 3.29. The molecule has 6 heteroatoms. The van der Waals surface area contributed by atoms with E-state index in [9.17, 15) is 9.59 Å². The molecule has 0 saturated carbocycles. The van der Waals surface area contributed by atoms with E-state index >= 15 is 0 Å². The second-order valence-corrected chi connectivity index (χ2v) is 6.79. The van der Waals surface area contributed by atoms with Gasteiger partial charge in [0.15, 0.2) is 0 Å². The van der Waals surface area contributed by atoms with Gasteiger partial charge in [-0.1, -0.05) is 18.2 Å². The fraction of sp³-hybridized carbons (Fsp3) is 0.100. The highest BCUT2D eigenvalue weighted by molar-refractivity contribution is 9.12. The Bertz CT molecular complexity index is 1090. The van der Waals surface area contributed by atoms with Crippen LogP contribution in [0.15, 0.2) is 53.0 Å². The topological polar surface area (TPSA) is 60.3 Å². The number of ether oxygens (including phenoxy) is 1. The van der Waals surface area contributed by atoms with Crippen LogP contribution in [0.2, 0.25) is 0 Å². The second-order valence-electron chi connectivity index (χ2n) is 6.00. The number of hydrogen-bond donors (Lipinski definition) is 1. The van der Waals surface area contributed by atoms with E-state index in [2.05, 4.69) is 21.2 Å². The lowest BCUT2D eigenvalue weighted by molar-refractivity contribution is -0.123. The zero-order valence-electron chi connectivity index (χ0n) is 14.2. The predicted octanol–water partition coefficient (Wildman–Crippen LogP) is 3.62. The summed E-state index contributed by atoms with van der Waals surface area (Å²) in [5.41, 5.74) is 3.87. The molecule has 0 bridgehead atoms. The van der Waals surface area contributed by atoms with E-state index < -0.39 is 11.8 Å². The van der Waals surface area contributed by atoms with Crippen LogP contribution < -0.4 is 10.1 Å². The molecule has 3 aromatic rings. The third-order valence-corrected chi connectivity index (χ3v) is 5.35. The lowest BCUT2D eigenvalue weighted by Crippen LogP contribution is -2.22. The molecular weight excluding hydrogens is 396 g/mol. The summed E-state index contributed by atoms with van der Waals surface area (Å²) in [6, 6.07) is 15.5. The summed E-state index contributed by atoms with van der Waals surface area (Å²) in [5.74, 6) is -0.0603. The Morgan fingerprint density at radius 1 is 1.00 bits per heavy atom. The average molecular weight is 411 g/mol. The van der Waals surface area contributed by atoms with Crippen LogP contribution in [0.25, 0.3) is 27.7 Å². The highest BCUT2D eigenvalue weighted by Gasteiger charge is 2.34. The van der Waals surface area contributed by atoms with Gasteiger partial charge in [-0.2, -0.15) is 0 Å². The number of amides is 2.